The standard InChI is InChI=1S/C15H22O/c1-11-12(2)14(15(3,4)5)9-8-13(11)7-6-10-16/h8-10H,6-7H2,1-5H3. The molecule has 0 aliphatic carbocycles. The predicted octanol–water partition coefficient (Wildman–Crippen LogP) is 3.73. The van der Waals surface area contributed by atoms with Crippen LogP contribution in [-0.2, 0) is 16.6 Å². The Morgan fingerprint density at radius 3 is 2.25 bits per heavy atom. The summed E-state index contributed by atoms with van der Waals surface area (Å²) in [6.07, 6.45) is 2.47. The molecule has 0 saturated carbocycles. The van der Waals surface area contributed by atoms with Gasteiger partial charge in [-0.15, -0.1) is 0 Å². The first-order valence-electron chi connectivity index (χ1n) is 5.91. The maximum Gasteiger partial charge on any atom is 0.120 e. The highest BCUT2D eigenvalue weighted by Crippen LogP contribution is 2.29. The van der Waals surface area contributed by atoms with Gasteiger partial charge in [-0.25, -0.2) is 0 Å². The Balaban J connectivity index is 3.13. The predicted molar refractivity (Wildman–Crippen MR) is 69.0 cm³/mol. The average Bonchev–Trinajstić information content (AvgIpc) is 2.18. The lowest BCUT2D eigenvalue weighted by molar-refractivity contribution is -0.107. The smallest absolute Gasteiger partial charge is 0.120 e. The van der Waals surface area contributed by atoms with E-state index in [-0.39, 0.29) is 5.41 Å². The number of carbonyl (C=O) groups is 1. The number of aldehydes is 1. The first-order chi connectivity index (χ1) is 7.38. The van der Waals surface area contributed by atoms with E-state index in [0.717, 1.165) is 12.7 Å². The fraction of sp³-hybridized carbons (Fsp3) is 0.533. The summed E-state index contributed by atoms with van der Waals surface area (Å²) in [6, 6.07) is 4.38. The van der Waals surface area contributed by atoms with Gasteiger partial charge in [0.25, 0.3) is 0 Å². The molecule has 0 amide bonds. The Labute approximate surface area is 98.9 Å². The normalized spacial score (nSPS) is 11.6. The van der Waals surface area contributed by atoms with Gasteiger partial charge in [0.2, 0.25) is 0 Å². The van der Waals surface area contributed by atoms with E-state index in [9.17, 15) is 4.79 Å². The summed E-state index contributed by atoms with van der Waals surface area (Å²) in [7, 11) is 0. The lowest BCUT2D eigenvalue weighted by atomic mass is 9.81. The van der Waals surface area contributed by atoms with Crippen molar-refractivity contribution in [2.75, 3.05) is 0 Å². The van der Waals surface area contributed by atoms with E-state index in [1.807, 2.05) is 0 Å². The molecule has 1 nitrogen and oxygen atoms in total. The minimum Gasteiger partial charge on any atom is -0.303 e. The van der Waals surface area contributed by atoms with Crippen molar-refractivity contribution in [1.82, 2.24) is 0 Å². The van der Waals surface area contributed by atoms with E-state index >= 15 is 0 Å². The first kappa shape index (κ1) is 13.0. The SMILES string of the molecule is Cc1c(CCC=O)ccc(C(C)(C)C)c1C. The van der Waals surface area contributed by atoms with Crippen LogP contribution in [0.25, 0.3) is 0 Å². The first-order valence-corrected chi connectivity index (χ1v) is 5.91. The van der Waals surface area contributed by atoms with Crippen LogP contribution in [0.3, 0.4) is 0 Å². The number of rotatable bonds is 3. The maximum absolute atomic E-state index is 10.4. The molecule has 0 atom stereocenters. The Hall–Kier alpha value is -1.11. The van der Waals surface area contributed by atoms with Gasteiger partial charge in [-0.2, -0.15) is 0 Å². The summed E-state index contributed by atoms with van der Waals surface area (Å²) in [5, 5.41) is 0. The molecule has 0 unspecified atom stereocenters. The molecule has 0 bridgehead atoms. The summed E-state index contributed by atoms with van der Waals surface area (Å²) in [6.45, 7) is 11.0. The molecule has 0 spiro atoms. The number of aryl methyl sites for hydroxylation is 1. The molecule has 0 heterocycles. The molecule has 0 saturated heterocycles. The Kier molecular flexibility index (Phi) is 3.90. The molecular weight excluding hydrogens is 196 g/mol. The molecule has 1 heteroatoms. The van der Waals surface area contributed by atoms with Crippen LogP contribution in [-0.4, -0.2) is 6.29 Å². The van der Waals surface area contributed by atoms with Crippen LogP contribution in [0, 0.1) is 13.8 Å². The fourth-order valence-electron chi connectivity index (χ4n) is 2.17. The zero-order valence-electron chi connectivity index (χ0n) is 11.1. The van der Waals surface area contributed by atoms with Crippen LogP contribution in [0.1, 0.15) is 49.4 Å². The molecule has 0 fully saturated rings. The molecule has 1 rings (SSSR count). The molecule has 0 aliphatic heterocycles. The third-order valence-electron chi connectivity index (χ3n) is 3.24. The number of hydrogen-bond donors (Lipinski definition) is 0. The fourth-order valence-corrected chi connectivity index (χ4v) is 2.17. The molecular formula is C15H22O. The topological polar surface area (TPSA) is 17.1 Å². The third kappa shape index (κ3) is 2.72. The summed E-state index contributed by atoms with van der Waals surface area (Å²) in [5.41, 5.74) is 5.61. The molecule has 16 heavy (non-hydrogen) atoms. The quantitative estimate of drug-likeness (QED) is 0.706. The van der Waals surface area contributed by atoms with Crippen LogP contribution < -0.4 is 0 Å². The van der Waals surface area contributed by atoms with E-state index in [0.29, 0.717) is 6.42 Å². The van der Waals surface area contributed by atoms with E-state index in [1.54, 1.807) is 0 Å². The highest BCUT2D eigenvalue weighted by Gasteiger charge is 2.17. The molecule has 1 aromatic carbocycles. The van der Waals surface area contributed by atoms with E-state index in [4.69, 9.17) is 0 Å². The lowest BCUT2D eigenvalue weighted by Crippen LogP contribution is -2.14. The monoisotopic (exact) mass is 218 g/mol. The van der Waals surface area contributed by atoms with Gasteiger partial charge in [-0.1, -0.05) is 32.9 Å². The Morgan fingerprint density at radius 1 is 1.12 bits per heavy atom. The number of benzene rings is 1. The second-order valence-electron chi connectivity index (χ2n) is 5.48. The summed E-state index contributed by atoms with van der Waals surface area (Å²) in [5.74, 6) is 0. The lowest BCUT2D eigenvalue weighted by Gasteiger charge is -2.24. The van der Waals surface area contributed by atoms with Crippen LogP contribution in [0.5, 0.6) is 0 Å². The van der Waals surface area contributed by atoms with E-state index in [1.165, 1.54) is 22.3 Å². The molecule has 0 aliphatic rings. The summed E-state index contributed by atoms with van der Waals surface area (Å²) >= 11 is 0. The molecule has 0 radical (unpaired) electrons. The van der Waals surface area contributed by atoms with Gasteiger partial charge in [-0.05, 0) is 47.9 Å². The second kappa shape index (κ2) is 4.82. The largest absolute Gasteiger partial charge is 0.303 e. The van der Waals surface area contributed by atoms with Crippen LogP contribution >= 0.6 is 0 Å². The van der Waals surface area contributed by atoms with Gasteiger partial charge in [0.05, 0.1) is 0 Å². The molecule has 1 aromatic rings. The average molecular weight is 218 g/mol. The molecule has 88 valence electrons. The van der Waals surface area contributed by atoms with Crippen molar-refractivity contribution < 1.29 is 4.79 Å². The molecule has 0 aromatic heterocycles. The third-order valence-corrected chi connectivity index (χ3v) is 3.24. The Bertz CT molecular complexity index is 383. The second-order valence-corrected chi connectivity index (χ2v) is 5.48. The van der Waals surface area contributed by atoms with Gasteiger partial charge < -0.3 is 4.79 Å². The van der Waals surface area contributed by atoms with Gasteiger partial charge in [0, 0.05) is 6.42 Å². The van der Waals surface area contributed by atoms with Gasteiger partial charge in [0.15, 0.2) is 0 Å². The van der Waals surface area contributed by atoms with Gasteiger partial charge in [0.1, 0.15) is 6.29 Å². The van der Waals surface area contributed by atoms with Crippen molar-refractivity contribution in [1.29, 1.82) is 0 Å². The van der Waals surface area contributed by atoms with Crippen LogP contribution in [0.4, 0.5) is 0 Å². The minimum absolute atomic E-state index is 0.192. The van der Waals surface area contributed by atoms with E-state index in [2.05, 4.69) is 46.8 Å². The zero-order valence-corrected chi connectivity index (χ0v) is 11.1. The number of hydrogen-bond acceptors (Lipinski definition) is 1. The van der Waals surface area contributed by atoms with Crippen LogP contribution in [0.2, 0.25) is 0 Å². The van der Waals surface area contributed by atoms with Crippen molar-refractivity contribution in [2.45, 2.75) is 52.9 Å². The summed E-state index contributed by atoms with van der Waals surface area (Å²) < 4.78 is 0. The van der Waals surface area contributed by atoms with Gasteiger partial charge >= 0.3 is 0 Å². The van der Waals surface area contributed by atoms with Crippen molar-refractivity contribution in [2.24, 2.45) is 0 Å². The van der Waals surface area contributed by atoms with Crippen molar-refractivity contribution in [3.8, 4) is 0 Å². The highest BCUT2D eigenvalue weighted by molar-refractivity contribution is 5.51. The van der Waals surface area contributed by atoms with Crippen molar-refractivity contribution in [3.05, 3.63) is 34.4 Å². The number of carbonyl (C=O) groups excluding carboxylic acids is 1. The van der Waals surface area contributed by atoms with Crippen LogP contribution in [0.15, 0.2) is 12.1 Å². The van der Waals surface area contributed by atoms with Crippen molar-refractivity contribution in [3.63, 3.8) is 0 Å². The highest BCUT2D eigenvalue weighted by atomic mass is 16.1. The zero-order chi connectivity index (χ0) is 12.3. The van der Waals surface area contributed by atoms with Gasteiger partial charge in [-0.3, -0.25) is 0 Å². The Morgan fingerprint density at radius 2 is 1.75 bits per heavy atom. The minimum atomic E-state index is 0.192. The summed E-state index contributed by atoms with van der Waals surface area (Å²) in [4.78, 5) is 10.4. The van der Waals surface area contributed by atoms with Crippen molar-refractivity contribution >= 4 is 6.29 Å². The maximum atomic E-state index is 10.4. The van der Waals surface area contributed by atoms with E-state index < -0.39 is 0 Å². The molecule has 0 N–H and O–H groups in total.